The molecule has 0 aliphatic carbocycles. The maximum Gasteiger partial charge on any atom is 0.408 e. The van der Waals surface area contributed by atoms with Crippen molar-refractivity contribution >= 4 is 12.0 Å². The largest absolute Gasteiger partial charge is 0.491 e. The number of para-hydroxylation sites is 1. The molecule has 0 saturated carbocycles. The molecule has 0 aliphatic heterocycles. The molecule has 0 bridgehead atoms. The number of benzene rings is 2. The summed E-state index contributed by atoms with van der Waals surface area (Å²) < 4.78 is 10.8. The first-order valence-electron chi connectivity index (χ1n) is 8.88. The average molecular weight is 370 g/mol. The van der Waals surface area contributed by atoms with Crippen molar-refractivity contribution < 1.29 is 19.1 Å². The first-order chi connectivity index (χ1) is 13.0. The smallest absolute Gasteiger partial charge is 0.408 e. The average Bonchev–Trinajstić information content (AvgIpc) is 2.68. The second kappa shape index (κ2) is 10.2. The molecule has 1 N–H and O–H groups in total. The number of amides is 2. The van der Waals surface area contributed by atoms with Crippen LogP contribution in [0.5, 0.6) is 5.75 Å². The molecular weight excluding hydrogens is 344 g/mol. The quantitative estimate of drug-likeness (QED) is 0.775. The number of rotatable bonds is 8. The molecule has 0 spiro atoms. The van der Waals surface area contributed by atoms with Crippen molar-refractivity contribution in [1.29, 1.82) is 0 Å². The van der Waals surface area contributed by atoms with Crippen molar-refractivity contribution in [2.75, 3.05) is 20.2 Å². The van der Waals surface area contributed by atoms with Gasteiger partial charge < -0.3 is 19.7 Å². The lowest BCUT2D eigenvalue weighted by Crippen LogP contribution is -2.46. The molecule has 6 nitrogen and oxygen atoms in total. The molecule has 2 aromatic carbocycles. The highest BCUT2D eigenvalue weighted by molar-refractivity contribution is 5.85. The van der Waals surface area contributed by atoms with Crippen LogP contribution >= 0.6 is 0 Å². The summed E-state index contributed by atoms with van der Waals surface area (Å²) >= 11 is 0. The number of alkyl carbamates (subject to hydrolysis) is 1. The summed E-state index contributed by atoms with van der Waals surface area (Å²) in [5.41, 5.74) is 1.93. The second-order valence-electron chi connectivity index (χ2n) is 6.30. The van der Waals surface area contributed by atoms with Gasteiger partial charge in [0.25, 0.3) is 0 Å². The van der Waals surface area contributed by atoms with Crippen LogP contribution in [0.15, 0.2) is 54.6 Å². The van der Waals surface area contributed by atoms with Gasteiger partial charge in [-0.05, 0) is 31.0 Å². The predicted octanol–water partition coefficient (Wildman–Crippen LogP) is 3.15. The normalized spacial score (nSPS) is 11.4. The number of hydrogen-bond donors (Lipinski definition) is 1. The van der Waals surface area contributed by atoms with Gasteiger partial charge in [-0.25, -0.2) is 4.79 Å². The lowest BCUT2D eigenvalue weighted by Gasteiger charge is -2.22. The van der Waals surface area contributed by atoms with E-state index in [-0.39, 0.29) is 12.5 Å². The molecule has 0 heterocycles. The van der Waals surface area contributed by atoms with Gasteiger partial charge in [0.2, 0.25) is 5.91 Å². The predicted molar refractivity (Wildman–Crippen MR) is 104 cm³/mol. The topological polar surface area (TPSA) is 67.9 Å². The molecule has 6 heteroatoms. The van der Waals surface area contributed by atoms with E-state index in [1.165, 1.54) is 4.90 Å². The van der Waals surface area contributed by atoms with E-state index in [9.17, 15) is 9.59 Å². The zero-order valence-electron chi connectivity index (χ0n) is 16.0. The van der Waals surface area contributed by atoms with Crippen LogP contribution in [0.25, 0.3) is 0 Å². The number of ether oxygens (including phenoxy) is 2. The zero-order chi connectivity index (χ0) is 19.6. The van der Waals surface area contributed by atoms with Gasteiger partial charge in [0.05, 0.1) is 6.54 Å². The molecule has 0 aromatic heterocycles. The molecule has 27 heavy (non-hydrogen) atoms. The number of nitrogens with zero attached hydrogens (tertiary/aromatic N) is 1. The Kier molecular flexibility index (Phi) is 7.67. The maximum atomic E-state index is 12.4. The third-order valence-electron chi connectivity index (χ3n) is 4.07. The lowest BCUT2D eigenvalue weighted by molar-refractivity contribution is -0.131. The van der Waals surface area contributed by atoms with E-state index in [1.54, 1.807) is 14.0 Å². The van der Waals surface area contributed by atoms with Crippen LogP contribution in [0.2, 0.25) is 0 Å². The Balaban J connectivity index is 1.71. The molecule has 144 valence electrons. The minimum atomic E-state index is -0.684. The van der Waals surface area contributed by atoms with E-state index in [4.69, 9.17) is 9.47 Å². The molecule has 0 unspecified atom stereocenters. The first kappa shape index (κ1) is 20.3. The van der Waals surface area contributed by atoms with E-state index in [0.29, 0.717) is 13.2 Å². The van der Waals surface area contributed by atoms with Gasteiger partial charge in [-0.2, -0.15) is 0 Å². The van der Waals surface area contributed by atoms with Gasteiger partial charge in [-0.1, -0.05) is 48.5 Å². The molecule has 0 fully saturated rings. The lowest BCUT2D eigenvalue weighted by atomic mass is 10.2. The van der Waals surface area contributed by atoms with E-state index < -0.39 is 12.1 Å². The Morgan fingerprint density at radius 1 is 1.07 bits per heavy atom. The summed E-state index contributed by atoms with van der Waals surface area (Å²) in [7, 11) is 1.68. The van der Waals surface area contributed by atoms with Crippen LogP contribution in [0, 0.1) is 6.92 Å². The van der Waals surface area contributed by atoms with Crippen molar-refractivity contribution in [3.63, 3.8) is 0 Å². The number of hydrogen-bond acceptors (Lipinski definition) is 4. The summed E-state index contributed by atoms with van der Waals surface area (Å²) in [6.07, 6.45) is -0.621. The van der Waals surface area contributed by atoms with Crippen molar-refractivity contribution in [3.05, 3.63) is 65.7 Å². The summed E-state index contributed by atoms with van der Waals surface area (Å²) in [6.45, 7) is 4.55. The van der Waals surface area contributed by atoms with E-state index in [0.717, 1.165) is 16.9 Å². The summed E-state index contributed by atoms with van der Waals surface area (Å²) in [6, 6.07) is 16.4. The van der Waals surface area contributed by atoms with Crippen LogP contribution in [0.1, 0.15) is 18.1 Å². The van der Waals surface area contributed by atoms with E-state index in [2.05, 4.69) is 5.32 Å². The molecule has 0 radical (unpaired) electrons. The van der Waals surface area contributed by atoms with E-state index >= 15 is 0 Å². The third kappa shape index (κ3) is 6.66. The van der Waals surface area contributed by atoms with Gasteiger partial charge in [0.15, 0.2) is 0 Å². The molecule has 1 atom stereocenters. The molecule has 0 aliphatic rings. The number of carbonyl (C=O) groups is 2. The maximum absolute atomic E-state index is 12.4. The van der Waals surface area contributed by atoms with Crippen molar-refractivity contribution in [2.24, 2.45) is 0 Å². The monoisotopic (exact) mass is 370 g/mol. The SMILES string of the molecule is Cc1ccccc1OCCN(C)C(=O)[C@H](C)NC(=O)OCc1ccccc1. The van der Waals surface area contributed by atoms with Crippen LogP contribution in [0.4, 0.5) is 4.79 Å². The van der Waals surface area contributed by atoms with Crippen LogP contribution in [0.3, 0.4) is 0 Å². The molecule has 2 amide bonds. The summed E-state index contributed by atoms with van der Waals surface area (Å²) in [5, 5.41) is 2.55. The Bertz CT molecular complexity index is 749. The van der Waals surface area contributed by atoms with Crippen molar-refractivity contribution in [2.45, 2.75) is 26.5 Å². The zero-order valence-corrected chi connectivity index (χ0v) is 16.0. The van der Waals surface area contributed by atoms with Crippen LogP contribution < -0.4 is 10.1 Å². The standard InChI is InChI=1S/C21H26N2O4/c1-16-9-7-8-12-19(16)26-14-13-23(3)20(24)17(2)22-21(25)27-15-18-10-5-4-6-11-18/h4-12,17H,13-15H2,1-3H3,(H,22,25)/t17-/m0/s1. The van der Waals surface area contributed by atoms with Crippen molar-refractivity contribution in [1.82, 2.24) is 10.2 Å². The fourth-order valence-corrected chi connectivity index (χ4v) is 2.45. The first-order valence-corrected chi connectivity index (χ1v) is 8.88. The van der Waals surface area contributed by atoms with Gasteiger partial charge in [-0.15, -0.1) is 0 Å². The highest BCUT2D eigenvalue weighted by atomic mass is 16.5. The van der Waals surface area contributed by atoms with Gasteiger partial charge in [0.1, 0.15) is 25.0 Å². The summed E-state index contributed by atoms with van der Waals surface area (Å²) in [5.74, 6) is 0.592. The highest BCUT2D eigenvalue weighted by Crippen LogP contribution is 2.15. The van der Waals surface area contributed by atoms with Crippen molar-refractivity contribution in [3.8, 4) is 5.75 Å². The number of likely N-dealkylation sites (N-methyl/N-ethyl adjacent to an activating group) is 1. The Morgan fingerprint density at radius 3 is 2.44 bits per heavy atom. The minimum Gasteiger partial charge on any atom is -0.491 e. The number of nitrogens with one attached hydrogen (secondary N) is 1. The second-order valence-corrected chi connectivity index (χ2v) is 6.30. The highest BCUT2D eigenvalue weighted by Gasteiger charge is 2.20. The Labute approximate surface area is 160 Å². The van der Waals surface area contributed by atoms with E-state index in [1.807, 2.05) is 61.5 Å². The number of carbonyl (C=O) groups excluding carboxylic acids is 2. The molecular formula is C21H26N2O4. The fourth-order valence-electron chi connectivity index (χ4n) is 2.45. The molecule has 2 rings (SSSR count). The van der Waals surface area contributed by atoms with Gasteiger partial charge in [0, 0.05) is 7.05 Å². The third-order valence-corrected chi connectivity index (χ3v) is 4.07. The van der Waals surface area contributed by atoms with Crippen LogP contribution in [-0.2, 0) is 16.1 Å². The van der Waals surface area contributed by atoms with Crippen LogP contribution in [-0.4, -0.2) is 43.1 Å². The van der Waals surface area contributed by atoms with Gasteiger partial charge in [-0.3, -0.25) is 4.79 Å². The fraction of sp³-hybridized carbons (Fsp3) is 0.333. The van der Waals surface area contributed by atoms with Gasteiger partial charge >= 0.3 is 6.09 Å². The Hall–Kier alpha value is -3.02. The Morgan fingerprint density at radius 2 is 1.74 bits per heavy atom. The molecule has 2 aromatic rings. The summed E-state index contributed by atoms with van der Waals surface area (Å²) in [4.78, 5) is 25.8. The molecule has 0 saturated heterocycles. The minimum absolute atomic E-state index is 0.160. The number of aryl methyl sites for hydroxylation is 1.